The summed E-state index contributed by atoms with van der Waals surface area (Å²) in [6.45, 7) is 2.06. The molecule has 0 aromatic carbocycles. The number of hydrogen-bond acceptors (Lipinski definition) is 4. The molecule has 0 radical (unpaired) electrons. The van der Waals surface area contributed by atoms with Gasteiger partial charge in [0, 0.05) is 32.8 Å². The van der Waals surface area contributed by atoms with Gasteiger partial charge in [0.15, 0.2) is 0 Å². The van der Waals surface area contributed by atoms with Crippen molar-refractivity contribution in [1.82, 2.24) is 9.88 Å². The van der Waals surface area contributed by atoms with Crippen LogP contribution >= 0.6 is 0 Å². The summed E-state index contributed by atoms with van der Waals surface area (Å²) in [5, 5.41) is 3.28. The highest BCUT2D eigenvalue weighted by Gasteiger charge is 2.10. The van der Waals surface area contributed by atoms with Crippen molar-refractivity contribution >= 4 is 11.7 Å². The number of anilines is 1. The largest absolute Gasteiger partial charge is 0.469 e. The first-order chi connectivity index (χ1) is 9.56. The van der Waals surface area contributed by atoms with Crippen LogP contribution in [0.3, 0.4) is 0 Å². The highest BCUT2D eigenvalue weighted by atomic mass is 16.3. The van der Waals surface area contributed by atoms with E-state index in [2.05, 4.69) is 17.2 Å². The number of rotatable bonds is 5. The predicted octanol–water partition coefficient (Wildman–Crippen LogP) is 2.42. The molecule has 20 heavy (non-hydrogen) atoms. The molecule has 0 bridgehead atoms. The SMILES string of the molecule is CC(Cc1ccco1)Nc1ccc(C(=O)N(C)C)cn1. The van der Waals surface area contributed by atoms with E-state index in [4.69, 9.17) is 4.42 Å². The van der Waals surface area contributed by atoms with Crippen molar-refractivity contribution in [2.24, 2.45) is 0 Å². The summed E-state index contributed by atoms with van der Waals surface area (Å²) in [5.41, 5.74) is 0.583. The number of nitrogens with one attached hydrogen (secondary N) is 1. The highest BCUT2D eigenvalue weighted by Crippen LogP contribution is 2.11. The van der Waals surface area contributed by atoms with Crippen LogP contribution in [0, 0.1) is 0 Å². The van der Waals surface area contributed by atoms with Crippen LogP contribution in [0.25, 0.3) is 0 Å². The molecular weight excluding hydrogens is 254 g/mol. The van der Waals surface area contributed by atoms with Crippen molar-refractivity contribution in [2.75, 3.05) is 19.4 Å². The van der Waals surface area contributed by atoms with Crippen molar-refractivity contribution in [3.63, 3.8) is 0 Å². The number of hydrogen-bond donors (Lipinski definition) is 1. The topological polar surface area (TPSA) is 58.4 Å². The molecule has 0 fully saturated rings. The lowest BCUT2D eigenvalue weighted by Crippen LogP contribution is -2.22. The number of nitrogens with zero attached hydrogens (tertiary/aromatic N) is 2. The van der Waals surface area contributed by atoms with Crippen LogP contribution in [0.5, 0.6) is 0 Å². The Morgan fingerprint density at radius 3 is 2.75 bits per heavy atom. The van der Waals surface area contributed by atoms with Crippen LogP contribution in [0.2, 0.25) is 0 Å². The Morgan fingerprint density at radius 2 is 2.20 bits per heavy atom. The maximum Gasteiger partial charge on any atom is 0.254 e. The van der Waals surface area contributed by atoms with Gasteiger partial charge < -0.3 is 14.6 Å². The summed E-state index contributed by atoms with van der Waals surface area (Å²) >= 11 is 0. The molecule has 1 unspecified atom stereocenters. The van der Waals surface area contributed by atoms with Crippen molar-refractivity contribution in [2.45, 2.75) is 19.4 Å². The zero-order chi connectivity index (χ0) is 14.5. The maximum absolute atomic E-state index is 11.7. The van der Waals surface area contributed by atoms with E-state index in [1.807, 2.05) is 18.2 Å². The van der Waals surface area contributed by atoms with Gasteiger partial charge in [-0.2, -0.15) is 0 Å². The predicted molar refractivity (Wildman–Crippen MR) is 77.8 cm³/mol. The molecule has 0 aliphatic rings. The van der Waals surface area contributed by atoms with Gasteiger partial charge in [0.25, 0.3) is 5.91 Å². The van der Waals surface area contributed by atoms with Crippen LogP contribution in [-0.4, -0.2) is 35.9 Å². The van der Waals surface area contributed by atoms with Gasteiger partial charge in [-0.15, -0.1) is 0 Å². The molecular formula is C15H19N3O2. The normalized spacial score (nSPS) is 11.9. The summed E-state index contributed by atoms with van der Waals surface area (Å²) in [5.74, 6) is 1.64. The zero-order valence-electron chi connectivity index (χ0n) is 12.0. The van der Waals surface area contributed by atoms with Crippen molar-refractivity contribution < 1.29 is 9.21 Å². The van der Waals surface area contributed by atoms with E-state index in [1.165, 1.54) is 4.90 Å². The van der Waals surface area contributed by atoms with E-state index in [1.54, 1.807) is 32.6 Å². The van der Waals surface area contributed by atoms with Crippen LogP contribution in [0.4, 0.5) is 5.82 Å². The van der Waals surface area contributed by atoms with Crippen molar-refractivity contribution in [1.29, 1.82) is 0 Å². The van der Waals surface area contributed by atoms with E-state index >= 15 is 0 Å². The van der Waals surface area contributed by atoms with Gasteiger partial charge in [0.05, 0.1) is 11.8 Å². The lowest BCUT2D eigenvalue weighted by molar-refractivity contribution is 0.0827. The minimum atomic E-state index is -0.0484. The number of amides is 1. The molecule has 1 N–H and O–H groups in total. The third kappa shape index (κ3) is 3.60. The van der Waals surface area contributed by atoms with E-state index < -0.39 is 0 Å². The third-order valence-electron chi connectivity index (χ3n) is 2.90. The second-order valence-electron chi connectivity index (χ2n) is 4.96. The number of furan rings is 1. The first-order valence-corrected chi connectivity index (χ1v) is 6.53. The second kappa shape index (κ2) is 6.23. The molecule has 5 nitrogen and oxygen atoms in total. The fourth-order valence-corrected chi connectivity index (χ4v) is 1.90. The Hall–Kier alpha value is -2.30. The standard InChI is InChI=1S/C15H19N3O2/c1-11(9-13-5-4-8-20-13)17-14-7-6-12(10-16-14)15(19)18(2)3/h4-8,10-11H,9H2,1-3H3,(H,16,17). The number of carbonyl (C=O) groups excluding carboxylic acids is 1. The Bertz CT molecular complexity index is 547. The molecule has 0 spiro atoms. The number of carbonyl (C=O) groups is 1. The van der Waals surface area contributed by atoms with Gasteiger partial charge in [0.1, 0.15) is 11.6 Å². The molecule has 0 saturated heterocycles. The monoisotopic (exact) mass is 273 g/mol. The fourth-order valence-electron chi connectivity index (χ4n) is 1.90. The summed E-state index contributed by atoms with van der Waals surface area (Å²) < 4.78 is 5.31. The Kier molecular flexibility index (Phi) is 4.40. The number of aromatic nitrogens is 1. The van der Waals surface area contributed by atoms with Crippen LogP contribution in [-0.2, 0) is 6.42 Å². The molecule has 1 atom stereocenters. The quantitative estimate of drug-likeness (QED) is 0.909. The smallest absolute Gasteiger partial charge is 0.254 e. The summed E-state index contributed by atoms with van der Waals surface area (Å²) in [6.07, 6.45) is 4.04. The van der Waals surface area contributed by atoms with Crippen molar-refractivity contribution in [3.05, 3.63) is 48.0 Å². The van der Waals surface area contributed by atoms with Crippen LogP contribution in [0.15, 0.2) is 41.1 Å². The first-order valence-electron chi connectivity index (χ1n) is 6.53. The van der Waals surface area contributed by atoms with Crippen LogP contribution in [0.1, 0.15) is 23.0 Å². The van der Waals surface area contributed by atoms with Gasteiger partial charge in [-0.25, -0.2) is 4.98 Å². The molecule has 106 valence electrons. The fraction of sp³-hybridized carbons (Fsp3) is 0.333. The van der Waals surface area contributed by atoms with Gasteiger partial charge in [-0.1, -0.05) is 0 Å². The molecule has 1 amide bonds. The molecule has 2 rings (SSSR count). The Morgan fingerprint density at radius 1 is 1.40 bits per heavy atom. The zero-order valence-corrected chi connectivity index (χ0v) is 12.0. The molecule has 2 aromatic rings. The molecule has 2 aromatic heterocycles. The highest BCUT2D eigenvalue weighted by molar-refractivity contribution is 5.93. The maximum atomic E-state index is 11.7. The molecule has 5 heteroatoms. The minimum Gasteiger partial charge on any atom is -0.469 e. The lowest BCUT2D eigenvalue weighted by atomic mass is 10.2. The minimum absolute atomic E-state index is 0.0484. The molecule has 0 saturated carbocycles. The van der Waals surface area contributed by atoms with Gasteiger partial charge >= 0.3 is 0 Å². The van der Waals surface area contributed by atoms with Gasteiger partial charge in [-0.05, 0) is 31.2 Å². The summed E-state index contributed by atoms with van der Waals surface area (Å²) in [6, 6.07) is 7.61. The summed E-state index contributed by atoms with van der Waals surface area (Å²) in [7, 11) is 3.44. The third-order valence-corrected chi connectivity index (χ3v) is 2.90. The van der Waals surface area contributed by atoms with E-state index in [0.29, 0.717) is 5.56 Å². The van der Waals surface area contributed by atoms with Gasteiger partial charge in [-0.3, -0.25) is 4.79 Å². The number of pyridine rings is 1. The van der Waals surface area contributed by atoms with Crippen molar-refractivity contribution in [3.8, 4) is 0 Å². The lowest BCUT2D eigenvalue weighted by Gasteiger charge is -2.14. The average Bonchev–Trinajstić information content (AvgIpc) is 2.91. The average molecular weight is 273 g/mol. The molecule has 2 heterocycles. The van der Waals surface area contributed by atoms with E-state index in [-0.39, 0.29) is 11.9 Å². The van der Waals surface area contributed by atoms with Gasteiger partial charge in [0.2, 0.25) is 0 Å². The Balaban J connectivity index is 1.95. The summed E-state index contributed by atoms with van der Waals surface area (Å²) in [4.78, 5) is 17.5. The molecule has 0 aliphatic carbocycles. The van der Waals surface area contributed by atoms with E-state index in [0.717, 1.165) is 18.0 Å². The van der Waals surface area contributed by atoms with E-state index in [9.17, 15) is 4.79 Å². The van der Waals surface area contributed by atoms with Crippen LogP contribution < -0.4 is 5.32 Å². The Labute approximate surface area is 118 Å². The first kappa shape index (κ1) is 14.1. The second-order valence-corrected chi connectivity index (χ2v) is 4.96. The molecule has 0 aliphatic heterocycles.